The van der Waals surface area contributed by atoms with Crippen molar-refractivity contribution in [2.24, 2.45) is 0 Å². The number of likely N-dealkylation sites (N-methyl/N-ethyl adjacent to an activating group) is 1. The molecule has 0 aromatic carbocycles. The van der Waals surface area contributed by atoms with E-state index in [1.54, 1.807) is 0 Å². The molecule has 11 heavy (non-hydrogen) atoms. The van der Waals surface area contributed by atoms with Crippen molar-refractivity contribution in [3.05, 3.63) is 0 Å². The van der Waals surface area contributed by atoms with Crippen molar-refractivity contribution in [1.29, 1.82) is 0 Å². The van der Waals surface area contributed by atoms with Crippen LogP contribution in [0, 0.1) is 0 Å². The summed E-state index contributed by atoms with van der Waals surface area (Å²) < 4.78 is 0. The van der Waals surface area contributed by atoms with Crippen LogP contribution >= 0.6 is 0 Å². The molecule has 2 heteroatoms. The highest BCUT2D eigenvalue weighted by molar-refractivity contribution is 5.83. The number of nitrogens with one attached hydrogen (secondary N) is 1. The minimum atomic E-state index is 0.0341. The largest absolute Gasteiger partial charge is 0.311 e. The summed E-state index contributed by atoms with van der Waals surface area (Å²) in [6.45, 7) is 4.06. The van der Waals surface area contributed by atoms with E-state index >= 15 is 0 Å². The van der Waals surface area contributed by atoms with E-state index < -0.39 is 0 Å². The first kappa shape index (κ1) is 10.6. The zero-order valence-electron chi connectivity index (χ0n) is 7.81. The van der Waals surface area contributed by atoms with Crippen LogP contribution in [0.1, 0.15) is 39.5 Å². The van der Waals surface area contributed by atoms with Crippen LogP contribution in [0.15, 0.2) is 0 Å². The first-order valence-electron chi connectivity index (χ1n) is 4.42. The van der Waals surface area contributed by atoms with Crippen LogP contribution < -0.4 is 5.32 Å². The van der Waals surface area contributed by atoms with E-state index in [0.717, 1.165) is 12.8 Å². The topological polar surface area (TPSA) is 29.1 Å². The first-order chi connectivity index (χ1) is 5.22. The van der Waals surface area contributed by atoms with Gasteiger partial charge >= 0.3 is 0 Å². The van der Waals surface area contributed by atoms with Gasteiger partial charge in [-0.15, -0.1) is 0 Å². The van der Waals surface area contributed by atoms with Crippen LogP contribution in [-0.4, -0.2) is 18.9 Å². The molecule has 0 aromatic heterocycles. The molecule has 0 aliphatic heterocycles. The Hall–Kier alpha value is -0.370. The number of carbonyl (C=O) groups is 1. The molecule has 0 aromatic rings. The van der Waals surface area contributed by atoms with Gasteiger partial charge in [-0.05, 0) is 20.4 Å². The fourth-order valence-corrected chi connectivity index (χ4v) is 0.927. The lowest BCUT2D eigenvalue weighted by molar-refractivity contribution is -0.120. The minimum Gasteiger partial charge on any atom is -0.311 e. The second kappa shape index (κ2) is 6.35. The molecule has 0 aliphatic carbocycles. The quantitative estimate of drug-likeness (QED) is 0.595. The molecular formula is C9H19NO. The van der Waals surface area contributed by atoms with E-state index in [4.69, 9.17) is 0 Å². The van der Waals surface area contributed by atoms with Crippen molar-refractivity contribution >= 4 is 5.78 Å². The molecule has 0 radical (unpaired) electrons. The molecule has 0 aliphatic rings. The summed E-state index contributed by atoms with van der Waals surface area (Å²) in [7, 11) is 1.82. The number of carbonyl (C=O) groups excluding carboxylic acids is 1. The molecule has 0 fully saturated rings. The van der Waals surface area contributed by atoms with Gasteiger partial charge < -0.3 is 5.32 Å². The summed E-state index contributed by atoms with van der Waals surface area (Å²) in [6, 6.07) is 0.0341. The van der Waals surface area contributed by atoms with E-state index in [-0.39, 0.29) is 6.04 Å². The Morgan fingerprint density at radius 2 is 2.09 bits per heavy atom. The molecule has 66 valence electrons. The van der Waals surface area contributed by atoms with Gasteiger partial charge in [-0.25, -0.2) is 0 Å². The predicted molar refractivity (Wildman–Crippen MR) is 47.7 cm³/mol. The van der Waals surface area contributed by atoms with Crippen molar-refractivity contribution in [2.75, 3.05) is 7.05 Å². The van der Waals surface area contributed by atoms with Crippen LogP contribution in [0.5, 0.6) is 0 Å². The maximum absolute atomic E-state index is 11.2. The Bertz CT molecular complexity index is 112. The smallest absolute Gasteiger partial charge is 0.149 e. The summed E-state index contributed by atoms with van der Waals surface area (Å²) in [4.78, 5) is 11.2. The van der Waals surface area contributed by atoms with Crippen LogP contribution in [-0.2, 0) is 4.79 Å². The molecule has 1 atom stereocenters. The SMILES string of the molecule is CCCCCC(=O)C(C)NC. The van der Waals surface area contributed by atoms with Gasteiger partial charge in [-0.2, -0.15) is 0 Å². The second-order valence-electron chi connectivity index (χ2n) is 2.93. The highest BCUT2D eigenvalue weighted by atomic mass is 16.1. The van der Waals surface area contributed by atoms with Crippen molar-refractivity contribution in [3.8, 4) is 0 Å². The third-order valence-electron chi connectivity index (χ3n) is 1.94. The molecule has 0 rings (SSSR count). The lowest BCUT2D eigenvalue weighted by Gasteiger charge is -2.07. The summed E-state index contributed by atoms with van der Waals surface area (Å²) >= 11 is 0. The molecule has 0 spiro atoms. The van der Waals surface area contributed by atoms with Gasteiger partial charge in [0.1, 0.15) is 5.78 Å². The van der Waals surface area contributed by atoms with Gasteiger partial charge in [0, 0.05) is 6.42 Å². The lowest BCUT2D eigenvalue weighted by atomic mass is 10.1. The maximum atomic E-state index is 11.2. The van der Waals surface area contributed by atoms with Gasteiger partial charge in [0.2, 0.25) is 0 Å². The van der Waals surface area contributed by atoms with Crippen molar-refractivity contribution in [3.63, 3.8) is 0 Å². The van der Waals surface area contributed by atoms with E-state index in [1.165, 1.54) is 12.8 Å². The van der Waals surface area contributed by atoms with Gasteiger partial charge in [-0.3, -0.25) is 4.79 Å². The summed E-state index contributed by atoms with van der Waals surface area (Å²) in [5.74, 6) is 0.334. The molecule has 1 N–H and O–H groups in total. The zero-order valence-corrected chi connectivity index (χ0v) is 7.81. The Morgan fingerprint density at radius 1 is 1.45 bits per heavy atom. The van der Waals surface area contributed by atoms with Gasteiger partial charge in [-0.1, -0.05) is 19.8 Å². The van der Waals surface area contributed by atoms with Gasteiger partial charge in [0.05, 0.1) is 6.04 Å². The fraction of sp³-hybridized carbons (Fsp3) is 0.889. The van der Waals surface area contributed by atoms with E-state index in [0.29, 0.717) is 5.78 Å². The molecule has 0 saturated heterocycles. The summed E-state index contributed by atoms with van der Waals surface area (Å²) in [5, 5.41) is 2.94. The van der Waals surface area contributed by atoms with Crippen LogP contribution in [0.4, 0.5) is 0 Å². The normalized spacial score (nSPS) is 13.0. The molecule has 0 heterocycles. The van der Waals surface area contributed by atoms with E-state index in [2.05, 4.69) is 12.2 Å². The average molecular weight is 157 g/mol. The molecule has 1 unspecified atom stereocenters. The van der Waals surface area contributed by atoms with E-state index in [9.17, 15) is 4.79 Å². The zero-order chi connectivity index (χ0) is 8.69. The van der Waals surface area contributed by atoms with Crippen molar-refractivity contribution < 1.29 is 4.79 Å². The standard InChI is InChI=1S/C9H19NO/c1-4-5-6-7-9(11)8(2)10-3/h8,10H,4-7H2,1-3H3. The number of Topliss-reactive ketones (excluding diaryl/α,β-unsaturated/α-hetero) is 1. The maximum Gasteiger partial charge on any atom is 0.149 e. The molecule has 0 saturated carbocycles. The van der Waals surface area contributed by atoms with Crippen molar-refractivity contribution in [1.82, 2.24) is 5.32 Å². The highest BCUT2D eigenvalue weighted by Gasteiger charge is 2.08. The van der Waals surface area contributed by atoms with Crippen molar-refractivity contribution in [2.45, 2.75) is 45.6 Å². The Kier molecular flexibility index (Phi) is 6.13. The van der Waals surface area contributed by atoms with Gasteiger partial charge in [0.25, 0.3) is 0 Å². The second-order valence-corrected chi connectivity index (χ2v) is 2.93. The van der Waals surface area contributed by atoms with Crippen LogP contribution in [0.2, 0.25) is 0 Å². The lowest BCUT2D eigenvalue weighted by Crippen LogP contribution is -2.30. The summed E-state index contributed by atoms with van der Waals surface area (Å²) in [5.41, 5.74) is 0. The molecule has 2 nitrogen and oxygen atoms in total. The Labute approximate surface area is 69.4 Å². The number of hydrogen-bond donors (Lipinski definition) is 1. The number of rotatable bonds is 6. The molecule has 0 bridgehead atoms. The summed E-state index contributed by atoms with van der Waals surface area (Å²) in [6.07, 6.45) is 4.13. The first-order valence-corrected chi connectivity index (χ1v) is 4.42. The Balaban J connectivity index is 3.36. The fourth-order valence-electron chi connectivity index (χ4n) is 0.927. The third kappa shape index (κ3) is 4.96. The molecule has 0 amide bonds. The molecular weight excluding hydrogens is 138 g/mol. The average Bonchev–Trinajstić information content (AvgIpc) is 2.03. The van der Waals surface area contributed by atoms with Crippen LogP contribution in [0.3, 0.4) is 0 Å². The van der Waals surface area contributed by atoms with Crippen LogP contribution in [0.25, 0.3) is 0 Å². The Morgan fingerprint density at radius 3 is 2.55 bits per heavy atom. The highest BCUT2D eigenvalue weighted by Crippen LogP contribution is 2.01. The van der Waals surface area contributed by atoms with E-state index in [1.807, 2.05) is 14.0 Å². The number of ketones is 1. The minimum absolute atomic E-state index is 0.0341. The van der Waals surface area contributed by atoms with Gasteiger partial charge in [0.15, 0.2) is 0 Å². The monoisotopic (exact) mass is 157 g/mol. The number of unbranched alkanes of at least 4 members (excludes halogenated alkanes) is 2. The number of hydrogen-bond acceptors (Lipinski definition) is 2. The third-order valence-corrected chi connectivity index (χ3v) is 1.94. The predicted octanol–water partition coefficient (Wildman–Crippen LogP) is 1.74.